The van der Waals surface area contributed by atoms with Crippen molar-refractivity contribution in [2.75, 3.05) is 31.1 Å². The van der Waals surface area contributed by atoms with E-state index in [2.05, 4.69) is 20.0 Å². The number of carbonyl (C=O) groups is 2. The van der Waals surface area contributed by atoms with E-state index in [0.29, 0.717) is 25.5 Å². The Labute approximate surface area is 187 Å². The van der Waals surface area contributed by atoms with Gasteiger partial charge >= 0.3 is 18.1 Å². The number of aromatic nitrogens is 4. The highest BCUT2D eigenvalue weighted by Gasteiger charge is 2.53. The predicted octanol–water partition coefficient (Wildman–Crippen LogP) is 1.65. The summed E-state index contributed by atoms with van der Waals surface area (Å²) in [5.41, 5.74) is 0.444. The van der Waals surface area contributed by atoms with E-state index < -0.39 is 23.5 Å². The van der Waals surface area contributed by atoms with E-state index in [1.165, 1.54) is 0 Å². The number of carboxylic acid groups (broad SMARTS) is 2. The fourth-order valence-electron chi connectivity index (χ4n) is 4.42. The van der Waals surface area contributed by atoms with Crippen LogP contribution in [0.5, 0.6) is 0 Å². The van der Waals surface area contributed by atoms with Crippen molar-refractivity contribution in [3.63, 3.8) is 0 Å². The first-order valence-corrected chi connectivity index (χ1v) is 10.3. The number of anilines is 1. The van der Waals surface area contributed by atoms with E-state index in [1.54, 1.807) is 23.1 Å². The normalized spacial score (nSPS) is 23.3. The van der Waals surface area contributed by atoms with Crippen LogP contribution in [0, 0.1) is 11.3 Å². The van der Waals surface area contributed by atoms with Crippen LogP contribution < -0.4 is 4.90 Å². The summed E-state index contributed by atoms with van der Waals surface area (Å²) >= 11 is 0. The van der Waals surface area contributed by atoms with Gasteiger partial charge in [-0.25, -0.2) is 14.8 Å². The smallest absolute Gasteiger partial charge is 0.481 e. The molecule has 0 unspecified atom stereocenters. The molecule has 0 saturated carbocycles. The van der Waals surface area contributed by atoms with Crippen LogP contribution in [-0.2, 0) is 23.2 Å². The second-order valence-electron chi connectivity index (χ2n) is 8.25. The lowest BCUT2D eigenvalue weighted by Gasteiger charge is -2.29. The molecule has 2 aromatic heterocycles. The first-order valence-electron chi connectivity index (χ1n) is 10.3. The molecule has 0 spiro atoms. The molecule has 4 rings (SSSR count). The molecule has 2 aromatic rings. The molecule has 2 atom stereocenters. The fourth-order valence-corrected chi connectivity index (χ4v) is 4.42. The predicted molar refractivity (Wildman–Crippen MR) is 109 cm³/mol. The SMILES string of the molecule is Cn1cc(CN2CCC[C@]3(C(=O)O)CN(c4ncccn4)C[C@@H]3C2)cn1.O=C(O)C(F)(F)F. The molecule has 180 valence electrons. The molecule has 4 heterocycles. The summed E-state index contributed by atoms with van der Waals surface area (Å²) in [6, 6.07) is 1.78. The summed E-state index contributed by atoms with van der Waals surface area (Å²) in [5.74, 6) is -2.76. The van der Waals surface area contributed by atoms with Crippen LogP contribution in [0.25, 0.3) is 0 Å². The number of nitrogens with zero attached hydrogens (tertiary/aromatic N) is 6. The minimum absolute atomic E-state index is 0.0583. The second-order valence-corrected chi connectivity index (χ2v) is 8.25. The Morgan fingerprint density at radius 3 is 2.42 bits per heavy atom. The fraction of sp³-hybridized carbons (Fsp3) is 0.550. The lowest BCUT2D eigenvalue weighted by atomic mass is 9.75. The highest BCUT2D eigenvalue weighted by Crippen LogP contribution is 2.43. The van der Waals surface area contributed by atoms with E-state index >= 15 is 0 Å². The van der Waals surface area contributed by atoms with Gasteiger partial charge in [-0.05, 0) is 25.5 Å². The van der Waals surface area contributed by atoms with Crippen molar-refractivity contribution in [3.8, 4) is 0 Å². The van der Waals surface area contributed by atoms with Crippen molar-refractivity contribution in [2.24, 2.45) is 18.4 Å². The Hall–Kier alpha value is -3.22. The van der Waals surface area contributed by atoms with Gasteiger partial charge in [-0.15, -0.1) is 0 Å². The quantitative estimate of drug-likeness (QED) is 0.686. The van der Waals surface area contributed by atoms with Gasteiger partial charge in [-0.2, -0.15) is 18.3 Å². The van der Waals surface area contributed by atoms with E-state index in [0.717, 1.165) is 31.6 Å². The molecular weight excluding hydrogens is 445 g/mol. The van der Waals surface area contributed by atoms with Gasteiger partial charge < -0.3 is 15.1 Å². The van der Waals surface area contributed by atoms with Gasteiger partial charge in [-0.3, -0.25) is 14.4 Å². The minimum Gasteiger partial charge on any atom is -0.481 e. The molecule has 2 aliphatic heterocycles. The summed E-state index contributed by atoms with van der Waals surface area (Å²) in [6.07, 6.45) is 3.81. The van der Waals surface area contributed by atoms with Crippen LogP contribution in [0.4, 0.5) is 19.1 Å². The average molecular weight is 470 g/mol. The lowest BCUT2D eigenvalue weighted by molar-refractivity contribution is -0.192. The number of hydrogen-bond donors (Lipinski definition) is 2. The van der Waals surface area contributed by atoms with Crippen molar-refractivity contribution in [1.82, 2.24) is 24.6 Å². The summed E-state index contributed by atoms with van der Waals surface area (Å²) in [5, 5.41) is 21.4. The summed E-state index contributed by atoms with van der Waals surface area (Å²) in [7, 11) is 1.91. The molecule has 2 aliphatic rings. The first-order chi connectivity index (χ1) is 15.5. The number of aryl methyl sites for hydroxylation is 1. The molecule has 0 aliphatic carbocycles. The van der Waals surface area contributed by atoms with Gasteiger partial charge in [0, 0.05) is 63.3 Å². The maximum absolute atomic E-state index is 12.3. The molecule has 2 saturated heterocycles. The second kappa shape index (κ2) is 9.73. The molecule has 0 radical (unpaired) electrons. The van der Waals surface area contributed by atoms with Crippen LogP contribution in [0.15, 0.2) is 30.9 Å². The van der Waals surface area contributed by atoms with Crippen LogP contribution in [0.2, 0.25) is 0 Å². The number of carboxylic acids is 2. The third kappa shape index (κ3) is 5.78. The molecule has 0 amide bonds. The standard InChI is InChI=1S/C18H24N6O2.C2HF3O2/c1-22-9-14(8-21-22)10-23-7-2-4-18(16(25)26)13-24(12-15(18)11-23)17-19-5-3-6-20-17;3-2(4,5)1(6)7/h3,5-6,8-9,15H,2,4,7,10-13H2,1H3,(H,25,26);(H,6,7)/t15-,18-;/m0./s1. The average Bonchev–Trinajstić information content (AvgIpc) is 3.28. The van der Waals surface area contributed by atoms with Crippen LogP contribution >= 0.6 is 0 Å². The summed E-state index contributed by atoms with van der Waals surface area (Å²) in [4.78, 5) is 34.2. The first kappa shape index (κ1) is 24.4. The van der Waals surface area contributed by atoms with E-state index in [-0.39, 0.29) is 5.92 Å². The highest BCUT2D eigenvalue weighted by molar-refractivity contribution is 5.77. The molecule has 2 N–H and O–H groups in total. The summed E-state index contributed by atoms with van der Waals surface area (Å²) in [6.45, 7) is 3.66. The van der Waals surface area contributed by atoms with Gasteiger partial charge in [-0.1, -0.05) is 0 Å². The molecule has 33 heavy (non-hydrogen) atoms. The number of fused-ring (bicyclic) bond motifs is 1. The van der Waals surface area contributed by atoms with E-state index in [9.17, 15) is 23.1 Å². The minimum atomic E-state index is -5.08. The molecule has 2 fully saturated rings. The van der Waals surface area contributed by atoms with Crippen LogP contribution in [-0.4, -0.2) is 79.2 Å². The number of halogens is 3. The third-order valence-electron chi connectivity index (χ3n) is 5.94. The van der Waals surface area contributed by atoms with Gasteiger partial charge in [0.05, 0.1) is 11.6 Å². The van der Waals surface area contributed by atoms with Crippen molar-refractivity contribution in [3.05, 3.63) is 36.4 Å². The zero-order valence-corrected chi connectivity index (χ0v) is 17.9. The van der Waals surface area contributed by atoms with Crippen molar-refractivity contribution >= 4 is 17.9 Å². The Morgan fingerprint density at radius 2 is 1.88 bits per heavy atom. The molecule has 0 bridgehead atoms. The van der Waals surface area contributed by atoms with E-state index in [4.69, 9.17) is 9.90 Å². The topological polar surface area (TPSA) is 125 Å². The highest BCUT2D eigenvalue weighted by atomic mass is 19.4. The third-order valence-corrected chi connectivity index (χ3v) is 5.94. The van der Waals surface area contributed by atoms with Gasteiger partial charge in [0.15, 0.2) is 0 Å². The number of alkyl halides is 3. The monoisotopic (exact) mass is 470 g/mol. The maximum atomic E-state index is 12.3. The largest absolute Gasteiger partial charge is 0.490 e. The zero-order chi connectivity index (χ0) is 24.2. The van der Waals surface area contributed by atoms with Crippen molar-refractivity contribution in [2.45, 2.75) is 25.6 Å². The Morgan fingerprint density at radius 1 is 1.21 bits per heavy atom. The Bertz CT molecular complexity index is 970. The molecule has 0 aromatic carbocycles. The Balaban J connectivity index is 0.000000383. The van der Waals surface area contributed by atoms with Gasteiger partial charge in [0.1, 0.15) is 0 Å². The molecular formula is C20H25F3N6O4. The summed E-state index contributed by atoms with van der Waals surface area (Å²) < 4.78 is 33.5. The zero-order valence-electron chi connectivity index (χ0n) is 17.9. The molecule has 10 nitrogen and oxygen atoms in total. The van der Waals surface area contributed by atoms with Crippen LogP contribution in [0.1, 0.15) is 18.4 Å². The number of rotatable bonds is 4. The van der Waals surface area contributed by atoms with E-state index in [1.807, 2.05) is 24.3 Å². The molecule has 13 heteroatoms. The number of aliphatic carboxylic acids is 2. The van der Waals surface area contributed by atoms with Crippen molar-refractivity contribution < 1.29 is 33.0 Å². The van der Waals surface area contributed by atoms with Gasteiger partial charge in [0.25, 0.3) is 0 Å². The van der Waals surface area contributed by atoms with Crippen LogP contribution in [0.3, 0.4) is 0 Å². The van der Waals surface area contributed by atoms with Gasteiger partial charge in [0.2, 0.25) is 5.95 Å². The lowest BCUT2D eigenvalue weighted by Crippen LogP contribution is -2.41. The number of hydrogen-bond acceptors (Lipinski definition) is 7. The Kier molecular flexibility index (Phi) is 7.20. The number of likely N-dealkylation sites (tertiary alicyclic amines) is 1. The van der Waals surface area contributed by atoms with Crippen molar-refractivity contribution in [1.29, 1.82) is 0 Å². The maximum Gasteiger partial charge on any atom is 0.490 e.